The summed E-state index contributed by atoms with van der Waals surface area (Å²) in [5.74, 6) is 0.641. The lowest BCUT2D eigenvalue weighted by molar-refractivity contribution is -0.102. The maximum atomic E-state index is 10.6. The molecule has 0 aliphatic rings. The Hall–Kier alpha value is -5.32. The van der Waals surface area contributed by atoms with Crippen LogP contribution in [-0.4, -0.2) is 11.4 Å². The van der Waals surface area contributed by atoms with Crippen LogP contribution in [0.3, 0.4) is 0 Å². The summed E-state index contributed by atoms with van der Waals surface area (Å²) >= 11 is 0. The highest BCUT2D eigenvalue weighted by molar-refractivity contribution is 5.80. The molecule has 47 heavy (non-hydrogen) atoms. The van der Waals surface area contributed by atoms with E-state index in [9.17, 15) is 5.11 Å². The maximum Gasteiger partial charge on any atom is 0.202 e. The van der Waals surface area contributed by atoms with E-state index in [-0.39, 0.29) is 5.41 Å². The van der Waals surface area contributed by atoms with Gasteiger partial charge in [0.25, 0.3) is 0 Å². The molecule has 0 spiro atoms. The lowest BCUT2D eigenvalue weighted by Gasteiger charge is -2.29. The predicted molar refractivity (Wildman–Crippen MR) is 197 cm³/mol. The van der Waals surface area contributed by atoms with Gasteiger partial charge in [0.1, 0.15) is 5.75 Å². The summed E-state index contributed by atoms with van der Waals surface area (Å²) < 4.78 is 5.89. The minimum atomic E-state index is -0.880. The van der Waals surface area contributed by atoms with Gasteiger partial charge < -0.3 is 19.6 Å². The highest BCUT2D eigenvalue weighted by atomic mass is 16.6. The average Bonchev–Trinajstić information content (AvgIpc) is 3.11. The Balaban J connectivity index is 1.27. The van der Waals surface area contributed by atoms with E-state index in [0.29, 0.717) is 5.75 Å². The lowest BCUT2D eigenvalue weighted by atomic mass is 9.89. The molecule has 1 N–H and O–H groups in total. The molecule has 6 aromatic rings. The largest absolute Gasteiger partial charge is 0.465 e. The fourth-order valence-electron chi connectivity index (χ4n) is 5.56. The maximum absolute atomic E-state index is 10.6. The molecule has 1 atom stereocenters. The number of anilines is 6. The van der Waals surface area contributed by atoms with E-state index in [1.807, 2.05) is 50.2 Å². The van der Waals surface area contributed by atoms with E-state index in [4.69, 9.17) is 4.74 Å². The molecule has 6 rings (SSSR count). The Bertz CT molecular complexity index is 1870. The van der Waals surface area contributed by atoms with Crippen molar-refractivity contribution in [3.05, 3.63) is 163 Å². The Kier molecular flexibility index (Phi) is 9.42. The average molecular weight is 619 g/mol. The van der Waals surface area contributed by atoms with Gasteiger partial charge in [0, 0.05) is 39.5 Å². The van der Waals surface area contributed by atoms with Crippen LogP contribution in [0.1, 0.15) is 32.8 Å². The van der Waals surface area contributed by atoms with Gasteiger partial charge in [-0.1, -0.05) is 93.6 Å². The number of nitrogens with zero attached hydrogens (tertiary/aromatic N) is 2. The van der Waals surface area contributed by atoms with E-state index in [1.165, 1.54) is 5.56 Å². The van der Waals surface area contributed by atoms with Crippen LogP contribution in [0.5, 0.6) is 5.75 Å². The van der Waals surface area contributed by atoms with E-state index < -0.39 is 6.29 Å². The number of rotatable bonds is 11. The molecule has 4 heteroatoms. The third kappa shape index (κ3) is 7.24. The van der Waals surface area contributed by atoms with Crippen LogP contribution in [0.4, 0.5) is 34.1 Å². The van der Waals surface area contributed by atoms with Crippen molar-refractivity contribution < 1.29 is 9.84 Å². The topological polar surface area (TPSA) is 35.9 Å². The van der Waals surface area contributed by atoms with Gasteiger partial charge >= 0.3 is 0 Å². The van der Waals surface area contributed by atoms with Crippen LogP contribution in [0, 0.1) is 12.3 Å². The summed E-state index contributed by atoms with van der Waals surface area (Å²) in [6.45, 7) is 8.19. The Morgan fingerprint density at radius 3 is 1.38 bits per heavy atom. The number of aliphatic hydroxyl groups is 1. The zero-order chi connectivity index (χ0) is 32.8. The summed E-state index contributed by atoms with van der Waals surface area (Å²) in [6.07, 6.45) is -0.0672. The number of ether oxygens (including phenoxy) is 1. The second-order valence-corrected chi connectivity index (χ2v) is 12.6. The molecule has 0 aromatic heterocycles. The minimum Gasteiger partial charge on any atom is -0.465 e. The number of para-hydroxylation sites is 2. The molecule has 0 radical (unpaired) electrons. The Labute approximate surface area is 279 Å². The van der Waals surface area contributed by atoms with Crippen molar-refractivity contribution in [3.63, 3.8) is 0 Å². The molecule has 1 unspecified atom stereocenters. The summed E-state index contributed by atoms with van der Waals surface area (Å²) in [6, 6.07) is 54.8. The number of hydrogen-bond acceptors (Lipinski definition) is 4. The Morgan fingerprint density at radius 1 is 0.532 bits per heavy atom. The first kappa shape index (κ1) is 31.7. The molecule has 0 bridgehead atoms. The van der Waals surface area contributed by atoms with Crippen LogP contribution in [0.15, 0.2) is 158 Å². The van der Waals surface area contributed by atoms with Crippen molar-refractivity contribution in [2.24, 2.45) is 5.41 Å². The van der Waals surface area contributed by atoms with Crippen molar-refractivity contribution in [2.75, 3.05) is 9.80 Å². The number of benzene rings is 6. The van der Waals surface area contributed by atoms with Crippen molar-refractivity contribution in [1.29, 1.82) is 0 Å². The van der Waals surface area contributed by atoms with Gasteiger partial charge in [0.2, 0.25) is 6.29 Å². The van der Waals surface area contributed by atoms with Gasteiger partial charge in [-0.05, 0) is 115 Å². The van der Waals surface area contributed by atoms with E-state index in [0.717, 1.165) is 51.7 Å². The van der Waals surface area contributed by atoms with E-state index >= 15 is 0 Å². The van der Waals surface area contributed by atoms with E-state index in [2.05, 4.69) is 145 Å². The highest BCUT2D eigenvalue weighted by Gasteiger charge is 2.27. The van der Waals surface area contributed by atoms with Gasteiger partial charge in [-0.2, -0.15) is 0 Å². The van der Waals surface area contributed by atoms with Crippen molar-refractivity contribution in [3.8, 4) is 16.9 Å². The second-order valence-electron chi connectivity index (χ2n) is 12.6. The van der Waals surface area contributed by atoms with Crippen LogP contribution in [0.2, 0.25) is 0 Å². The molecular formula is C43H42N2O2. The molecule has 4 nitrogen and oxygen atoms in total. The fourth-order valence-corrected chi connectivity index (χ4v) is 5.56. The number of aliphatic hydroxyl groups excluding tert-OH is 1. The molecule has 0 heterocycles. The van der Waals surface area contributed by atoms with Gasteiger partial charge in [-0.15, -0.1) is 0 Å². The lowest BCUT2D eigenvalue weighted by Crippen LogP contribution is -2.33. The molecule has 0 aliphatic carbocycles. The van der Waals surface area contributed by atoms with Crippen LogP contribution in [-0.2, 0) is 0 Å². The van der Waals surface area contributed by atoms with Crippen LogP contribution in [0.25, 0.3) is 11.1 Å². The summed E-state index contributed by atoms with van der Waals surface area (Å²) in [5.41, 5.74) is 9.66. The van der Waals surface area contributed by atoms with Gasteiger partial charge in [0.15, 0.2) is 0 Å². The van der Waals surface area contributed by atoms with Crippen LogP contribution >= 0.6 is 0 Å². The molecule has 0 aliphatic heterocycles. The zero-order valence-electron chi connectivity index (χ0n) is 27.5. The summed E-state index contributed by atoms with van der Waals surface area (Å²) in [5, 5.41) is 10.6. The van der Waals surface area contributed by atoms with Crippen molar-refractivity contribution in [2.45, 2.75) is 40.4 Å². The first-order valence-electron chi connectivity index (χ1n) is 16.2. The normalized spacial score (nSPS) is 11.9. The predicted octanol–water partition coefficient (Wildman–Crippen LogP) is 11.7. The first-order valence-corrected chi connectivity index (χ1v) is 16.2. The SMILES string of the molecule is CCC(C)(C)C(O)Oc1ccc(N(c2ccccc2)c2ccc(-c3ccc(N(c4ccccc4)c4cccc(C)c4)cc3)cc2)cc1. The Morgan fingerprint density at radius 2 is 0.936 bits per heavy atom. The van der Waals surface area contributed by atoms with Crippen molar-refractivity contribution in [1.82, 2.24) is 0 Å². The third-order valence-electron chi connectivity index (χ3n) is 8.80. The minimum absolute atomic E-state index is 0.334. The zero-order valence-corrected chi connectivity index (χ0v) is 27.5. The quantitative estimate of drug-likeness (QED) is 0.147. The van der Waals surface area contributed by atoms with Gasteiger partial charge in [-0.3, -0.25) is 0 Å². The summed E-state index contributed by atoms with van der Waals surface area (Å²) in [7, 11) is 0. The third-order valence-corrected chi connectivity index (χ3v) is 8.80. The first-order chi connectivity index (χ1) is 22.8. The second kappa shape index (κ2) is 14.0. The number of aryl methyl sites for hydroxylation is 1. The molecule has 0 fully saturated rings. The molecule has 0 saturated heterocycles. The standard InChI is InChI=1S/C43H42N2O2/c1-5-43(3,4)42(46)47-41-29-27-39(28-30-41)44(35-14-8-6-9-15-35)37-23-19-33(20-24-37)34-21-25-38(26-22-34)45(36-16-10-7-11-17-36)40-18-12-13-32(2)31-40/h6-31,42,46H,5H2,1-4H3. The molecule has 0 amide bonds. The van der Waals surface area contributed by atoms with Gasteiger partial charge in [0.05, 0.1) is 0 Å². The molecule has 0 saturated carbocycles. The smallest absolute Gasteiger partial charge is 0.202 e. The molecule has 236 valence electrons. The van der Waals surface area contributed by atoms with Crippen molar-refractivity contribution >= 4 is 34.1 Å². The highest BCUT2D eigenvalue weighted by Crippen LogP contribution is 2.38. The summed E-state index contributed by atoms with van der Waals surface area (Å²) in [4.78, 5) is 4.52. The van der Waals surface area contributed by atoms with Crippen LogP contribution < -0.4 is 14.5 Å². The fraction of sp³-hybridized carbons (Fsp3) is 0.163. The molecular weight excluding hydrogens is 576 g/mol. The van der Waals surface area contributed by atoms with Gasteiger partial charge in [-0.25, -0.2) is 0 Å². The van der Waals surface area contributed by atoms with E-state index in [1.54, 1.807) is 0 Å². The molecule has 6 aromatic carbocycles. The number of hydrogen-bond donors (Lipinski definition) is 1. The monoisotopic (exact) mass is 618 g/mol.